The second kappa shape index (κ2) is 9.14. The molecule has 2 unspecified atom stereocenters. The molecule has 7 heteroatoms. The number of ether oxygens (including phenoxy) is 3. The summed E-state index contributed by atoms with van der Waals surface area (Å²) in [7, 11) is 0. The largest absolute Gasteiger partial charge is 0.489 e. The van der Waals surface area contributed by atoms with Crippen LogP contribution < -0.4 is 24.8 Å². The van der Waals surface area contributed by atoms with E-state index in [0.29, 0.717) is 36.8 Å². The fourth-order valence-electron chi connectivity index (χ4n) is 4.69. The zero-order valence-electron chi connectivity index (χ0n) is 16.8. The number of carbonyl (C=O) groups is 1. The molecule has 3 aliphatic rings. The molecule has 0 radical (unpaired) electrons. The van der Waals surface area contributed by atoms with Gasteiger partial charge in [0.25, 0.3) is 0 Å². The summed E-state index contributed by atoms with van der Waals surface area (Å²) < 4.78 is 16.6. The molecule has 1 amide bonds. The molecule has 30 heavy (non-hydrogen) atoms. The summed E-state index contributed by atoms with van der Waals surface area (Å²) in [5.74, 6) is 2.76. The Labute approximate surface area is 182 Å². The predicted octanol–water partition coefficient (Wildman–Crippen LogP) is 4.28. The zero-order valence-corrected chi connectivity index (χ0v) is 17.6. The molecule has 2 atom stereocenters. The van der Waals surface area contributed by atoms with Crippen LogP contribution in [0, 0.1) is 5.92 Å². The van der Waals surface area contributed by atoms with E-state index in [1.807, 2.05) is 42.5 Å². The first kappa shape index (κ1) is 20.8. The van der Waals surface area contributed by atoms with Gasteiger partial charge in [-0.15, -0.1) is 12.4 Å². The molecular weight excluding hydrogens is 404 g/mol. The molecule has 0 spiro atoms. The molecular formula is C23H27ClN2O4. The molecule has 0 aromatic heterocycles. The molecule has 0 aliphatic carbocycles. The summed E-state index contributed by atoms with van der Waals surface area (Å²) in [5, 5.41) is 6.69. The van der Waals surface area contributed by atoms with Crippen molar-refractivity contribution in [2.24, 2.45) is 5.92 Å². The maximum absolute atomic E-state index is 12.5. The quantitative estimate of drug-likeness (QED) is 0.716. The van der Waals surface area contributed by atoms with Gasteiger partial charge in [-0.25, -0.2) is 0 Å². The average molecular weight is 431 g/mol. The van der Waals surface area contributed by atoms with Gasteiger partial charge in [0.15, 0.2) is 11.5 Å². The van der Waals surface area contributed by atoms with Crippen molar-refractivity contribution < 1.29 is 19.0 Å². The van der Waals surface area contributed by atoms with Gasteiger partial charge in [0, 0.05) is 30.3 Å². The highest BCUT2D eigenvalue weighted by atomic mass is 35.5. The maximum atomic E-state index is 12.5. The summed E-state index contributed by atoms with van der Waals surface area (Å²) in [5.41, 5.74) is 1.82. The fourth-order valence-corrected chi connectivity index (χ4v) is 4.69. The Morgan fingerprint density at radius 1 is 1.07 bits per heavy atom. The monoisotopic (exact) mass is 430 g/mol. The molecule has 5 rings (SSSR count). The molecule has 2 aromatic carbocycles. The number of rotatable bonds is 6. The molecule has 2 bridgehead atoms. The number of fused-ring (bicyclic) bond motifs is 3. The van der Waals surface area contributed by atoms with Gasteiger partial charge in [0.05, 0.1) is 0 Å². The van der Waals surface area contributed by atoms with Crippen LogP contribution in [0.15, 0.2) is 42.5 Å². The van der Waals surface area contributed by atoms with Gasteiger partial charge in [-0.05, 0) is 61.4 Å². The second-order valence-corrected chi connectivity index (χ2v) is 8.23. The van der Waals surface area contributed by atoms with Gasteiger partial charge in [0.1, 0.15) is 12.4 Å². The summed E-state index contributed by atoms with van der Waals surface area (Å²) in [6.45, 7) is 0.667. The zero-order chi connectivity index (χ0) is 19.6. The first-order valence-electron chi connectivity index (χ1n) is 10.4. The minimum absolute atomic E-state index is 0. The highest BCUT2D eigenvalue weighted by Gasteiger charge is 2.34. The molecule has 3 aliphatic heterocycles. The number of benzene rings is 2. The molecule has 3 heterocycles. The van der Waals surface area contributed by atoms with Gasteiger partial charge in [-0.2, -0.15) is 0 Å². The van der Waals surface area contributed by atoms with Crippen LogP contribution in [0.2, 0.25) is 0 Å². The van der Waals surface area contributed by atoms with Gasteiger partial charge in [-0.3, -0.25) is 4.79 Å². The van der Waals surface area contributed by atoms with Gasteiger partial charge in [0.2, 0.25) is 12.7 Å². The minimum Gasteiger partial charge on any atom is -0.489 e. The van der Waals surface area contributed by atoms with Crippen LogP contribution in [0.5, 0.6) is 17.2 Å². The standard InChI is InChI=1S/C23H26N2O4.ClH/c26-23(11-16-9-18-4-5-19(10-16)24-18)25-17-3-1-2-15(8-17)13-27-20-6-7-21-22(12-20)29-14-28-21;/h1-3,6-8,12,16,18-19,24H,4-5,9-11,13-14H2,(H,25,26);1H. The van der Waals surface area contributed by atoms with Crippen LogP contribution >= 0.6 is 12.4 Å². The van der Waals surface area contributed by atoms with E-state index in [2.05, 4.69) is 10.6 Å². The van der Waals surface area contributed by atoms with Gasteiger partial charge < -0.3 is 24.8 Å². The summed E-state index contributed by atoms with van der Waals surface area (Å²) in [6, 6.07) is 14.6. The van der Waals surface area contributed by atoms with E-state index in [0.717, 1.165) is 35.6 Å². The molecule has 6 nitrogen and oxygen atoms in total. The average Bonchev–Trinajstić information content (AvgIpc) is 3.32. The highest BCUT2D eigenvalue weighted by Crippen LogP contribution is 2.35. The number of amides is 1. The third-order valence-electron chi connectivity index (χ3n) is 6.01. The first-order chi connectivity index (χ1) is 14.2. The Morgan fingerprint density at radius 3 is 2.70 bits per heavy atom. The Balaban J connectivity index is 0.00000218. The van der Waals surface area contributed by atoms with Crippen molar-refractivity contribution in [1.29, 1.82) is 0 Å². The number of anilines is 1. The summed E-state index contributed by atoms with van der Waals surface area (Å²) in [4.78, 5) is 12.5. The maximum Gasteiger partial charge on any atom is 0.231 e. The Bertz CT molecular complexity index is 895. The van der Waals surface area contributed by atoms with Crippen molar-refractivity contribution in [1.82, 2.24) is 5.32 Å². The Kier molecular flexibility index (Phi) is 6.35. The lowest BCUT2D eigenvalue weighted by Gasteiger charge is -2.28. The number of halogens is 1. The van der Waals surface area contributed by atoms with Crippen molar-refractivity contribution >= 4 is 24.0 Å². The molecule has 0 saturated carbocycles. The van der Waals surface area contributed by atoms with E-state index in [4.69, 9.17) is 14.2 Å². The number of hydrogen-bond acceptors (Lipinski definition) is 5. The van der Waals surface area contributed by atoms with E-state index in [-0.39, 0.29) is 25.1 Å². The van der Waals surface area contributed by atoms with Crippen molar-refractivity contribution in [3.8, 4) is 17.2 Å². The molecule has 2 saturated heterocycles. The summed E-state index contributed by atoms with van der Waals surface area (Å²) in [6.07, 6.45) is 5.36. The van der Waals surface area contributed by atoms with Crippen LogP contribution in [0.1, 0.15) is 37.7 Å². The third kappa shape index (κ3) is 4.82. The minimum atomic E-state index is 0. The fraction of sp³-hybridized carbons (Fsp3) is 0.435. The molecule has 2 aromatic rings. The van der Waals surface area contributed by atoms with Crippen molar-refractivity contribution in [3.05, 3.63) is 48.0 Å². The molecule has 2 N–H and O–H groups in total. The lowest BCUT2D eigenvalue weighted by Crippen LogP contribution is -2.39. The molecule has 2 fully saturated rings. The first-order valence-corrected chi connectivity index (χ1v) is 10.4. The van der Waals surface area contributed by atoms with E-state index in [1.54, 1.807) is 0 Å². The van der Waals surface area contributed by atoms with E-state index in [1.165, 1.54) is 12.8 Å². The topological polar surface area (TPSA) is 68.8 Å². The van der Waals surface area contributed by atoms with Crippen LogP contribution in [0.3, 0.4) is 0 Å². The predicted molar refractivity (Wildman–Crippen MR) is 117 cm³/mol. The number of piperidine rings is 1. The van der Waals surface area contributed by atoms with E-state index >= 15 is 0 Å². The van der Waals surface area contributed by atoms with E-state index < -0.39 is 0 Å². The van der Waals surface area contributed by atoms with Crippen LogP contribution in [-0.4, -0.2) is 24.8 Å². The summed E-state index contributed by atoms with van der Waals surface area (Å²) >= 11 is 0. The van der Waals surface area contributed by atoms with Crippen LogP contribution in [0.4, 0.5) is 5.69 Å². The number of hydrogen-bond donors (Lipinski definition) is 2. The Hall–Kier alpha value is -2.44. The van der Waals surface area contributed by atoms with Crippen molar-refractivity contribution in [3.63, 3.8) is 0 Å². The Morgan fingerprint density at radius 2 is 1.87 bits per heavy atom. The smallest absolute Gasteiger partial charge is 0.231 e. The van der Waals surface area contributed by atoms with Crippen molar-refractivity contribution in [2.75, 3.05) is 12.1 Å². The van der Waals surface area contributed by atoms with Crippen LogP contribution in [0.25, 0.3) is 0 Å². The van der Waals surface area contributed by atoms with Gasteiger partial charge in [-0.1, -0.05) is 12.1 Å². The lowest BCUT2D eigenvalue weighted by atomic mass is 9.89. The normalized spacial score (nSPS) is 23.5. The highest BCUT2D eigenvalue weighted by molar-refractivity contribution is 5.90. The van der Waals surface area contributed by atoms with Gasteiger partial charge >= 0.3 is 0 Å². The van der Waals surface area contributed by atoms with Crippen LogP contribution in [-0.2, 0) is 11.4 Å². The number of carbonyl (C=O) groups excluding carboxylic acids is 1. The second-order valence-electron chi connectivity index (χ2n) is 8.23. The number of nitrogens with one attached hydrogen (secondary N) is 2. The van der Waals surface area contributed by atoms with Crippen molar-refractivity contribution in [2.45, 2.75) is 50.8 Å². The van der Waals surface area contributed by atoms with E-state index in [9.17, 15) is 4.79 Å². The third-order valence-corrected chi connectivity index (χ3v) is 6.01. The SMILES string of the molecule is Cl.O=C(CC1CC2CCC(C1)N2)Nc1cccc(COc2ccc3c(c2)OCO3)c1. The molecule has 160 valence electrons. The lowest BCUT2D eigenvalue weighted by molar-refractivity contribution is -0.117.